The van der Waals surface area contributed by atoms with Crippen LogP contribution >= 0.6 is 0 Å². The molecular formula is C45H35N. The molecule has 8 aromatic rings. The third kappa shape index (κ3) is 4.59. The Bertz CT molecular complexity index is 2370. The molecule has 46 heavy (non-hydrogen) atoms. The van der Waals surface area contributed by atoms with Crippen molar-refractivity contribution in [2.24, 2.45) is 0 Å². The summed E-state index contributed by atoms with van der Waals surface area (Å²) in [5.41, 5.74) is 15.1. The van der Waals surface area contributed by atoms with E-state index in [1.54, 1.807) is 0 Å². The zero-order valence-electron chi connectivity index (χ0n) is 26.7. The molecule has 8 rings (SSSR count). The van der Waals surface area contributed by atoms with Gasteiger partial charge in [-0.3, -0.25) is 4.98 Å². The first-order valence-corrected chi connectivity index (χ1v) is 16.0. The van der Waals surface area contributed by atoms with Gasteiger partial charge in [-0.1, -0.05) is 127 Å². The van der Waals surface area contributed by atoms with Crippen LogP contribution in [0.3, 0.4) is 0 Å². The van der Waals surface area contributed by atoms with E-state index in [1.807, 2.05) is 12.4 Å². The van der Waals surface area contributed by atoms with Crippen LogP contribution in [-0.2, 0) is 0 Å². The Morgan fingerprint density at radius 2 is 0.826 bits per heavy atom. The van der Waals surface area contributed by atoms with Crippen LogP contribution < -0.4 is 0 Å². The van der Waals surface area contributed by atoms with Crippen molar-refractivity contribution in [1.29, 1.82) is 0 Å². The number of nitrogens with zero attached hydrogens (tertiary/aromatic N) is 1. The molecule has 0 spiro atoms. The molecule has 0 radical (unpaired) electrons. The van der Waals surface area contributed by atoms with Crippen LogP contribution in [0, 0.1) is 27.7 Å². The monoisotopic (exact) mass is 589 g/mol. The molecule has 0 saturated carbocycles. The van der Waals surface area contributed by atoms with E-state index in [4.69, 9.17) is 0 Å². The third-order valence-corrected chi connectivity index (χ3v) is 9.45. The number of rotatable bonds is 4. The molecule has 220 valence electrons. The number of hydrogen-bond donors (Lipinski definition) is 0. The van der Waals surface area contributed by atoms with Crippen LogP contribution in [0.15, 0.2) is 140 Å². The normalized spacial score (nSPS) is 11.5. The van der Waals surface area contributed by atoms with E-state index in [0.29, 0.717) is 0 Å². The van der Waals surface area contributed by atoms with Gasteiger partial charge < -0.3 is 0 Å². The number of hydrogen-bond acceptors (Lipinski definition) is 1. The smallest absolute Gasteiger partial charge is 0.0346 e. The molecule has 1 nitrogen and oxygen atoms in total. The molecule has 1 aromatic heterocycles. The number of fused-ring (bicyclic) bond motifs is 3. The van der Waals surface area contributed by atoms with Gasteiger partial charge in [0.1, 0.15) is 0 Å². The minimum absolute atomic E-state index is 1.14. The fourth-order valence-corrected chi connectivity index (χ4v) is 7.62. The molecule has 0 unspecified atom stereocenters. The van der Waals surface area contributed by atoms with Gasteiger partial charge in [-0.25, -0.2) is 0 Å². The first-order valence-electron chi connectivity index (χ1n) is 16.0. The topological polar surface area (TPSA) is 12.9 Å². The van der Waals surface area contributed by atoms with Gasteiger partial charge in [0.2, 0.25) is 0 Å². The largest absolute Gasteiger partial charge is 0.264 e. The Hall–Kier alpha value is -5.53. The van der Waals surface area contributed by atoms with Crippen LogP contribution in [0.25, 0.3) is 76.8 Å². The lowest BCUT2D eigenvalue weighted by atomic mass is 9.83. The number of benzene rings is 7. The van der Waals surface area contributed by atoms with Crippen LogP contribution in [0.5, 0.6) is 0 Å². The summed E-state index contributed by atoms with van der Waals surface area (Å²) in [7, 11) is 0. The Kier molecular flexibility index (Phi) is 6.76. The van der Waals surface area contributed by atoms with Gasteiger partial charge in [0.25, 0.3) is 0 Å². The maximum atomic E-state index is 4.42. The first-order chi connectivity index (χ1) is 22.5. The lowest BCUT2D eigenvalue weighted by Crippen LogP contribution is -1.94. The summed E-state index contributed by atoms with van der Waals surface area (Å²) in [5, 5.41) is 7.62. The van der Waals surface area contributed by atoms with Crippen molar-refractivity contribution < 1.29 is 0 Å². The van der Waals surface area contributed by atoms with E-state index in [9.17, 15) is 0 Å². The lowest BCUT2D eigenvalue weighted by Gasteiger charge is -2.20. The summed E-state index contributed by atoms with van der Waals surface area (Å²) < 4.78 is 0. The van der Waals surface area contributed by atoms with Gasteiger partial charge >= 0.3 is 0 Å². The van der Waals surface area contributed by atoms with Crippen molar-refractivity contribution in [3.8, 4) is 44.5 Å². The highest BCUT2D eigenvalue weighted by atomic mass is 14.6. The molecule has 0 aliphatic heterocycles. The summed E-state index contributed by atoms with van der Waals surface area (Å²) in [6.07, 6.45) is 3.84. The summed E-state index contributed by atoms with van der Waals surface area (Å²) in [6.45, 7) is 8.75. The summed E-state index contributed by atoms with van der Waals surface area (Å²) in [4.78, 5) is 4.42. The number of pyridine rings is 1. The van der Waals surface area contributed by atoms with Gasteiger partial charge in [0.15, 0.2) is 0 Å². The van der Waals surface area contributed by atoms with Crippen molar-refractivity contribution >= 4 is 32.3 Å². The molecule has 0 saturated heterocycles. The van der Waals surface area contributed by atoms with E-state index in [2.05, 4.69) is 160 Å². The van der Waals surface area contributed by atoms with E-state index >= 15 is 0 Å². The zero-order chi connectivity index (χ0) is 31.4. The molecule has 0 N–H and O–H groups in total. The standard InChI is InChI=1S/C45H35N/c1-28-23-30(3)43(31(4)24-28)37-17-9-16-36-35(37)15-10-18-38(36)45-41-13-7-5-11-39(41)44(40-12-6-8-14-42(40)45)33-21-19-32(20-22-33)34-25-29(2)26-46-27-34/h5-27H,1-4H3. The third-order valence-electron chi connectivity index (χ3n) is 9.45. The van der Waals surface area contributed by atoms with Crippen molar-refractivity contribution in [3.05, 3.63) is 162 Å². The lowest BCUT2D eigenvalue weighted by molar-refractivity contribution is 1.27. The SMILES string of the molecule is Cc1cncc(-c2ccc(-c3c4ccccc4c(-c4cccc5c(-c6c(C)cc(C)cc6C)cccc45)c4ccccc34)cc2)c1. The predicted octanol–water partition coefficient (Wildman–Crippen LogP) is 12.4. The molecule has 0 amide bonds. The van der Waals surface area contributed by atoms with Crippen molar-refractivity contribution in [2.45, 2.75) is 27.7 Å². The summed E-state index contributed by atoms with van der Waals surface area (Å²) in [5.74, 6) is 0. The first kappa shape index (κ1) is 28.0. The van der Waals surface area contributed by atoms with E-state index < -0.39 is 0 Å². The van der Waals surface area contributed by atoms with Gasteiger partial charge in [-0.15, -0.1) is 0 Å². The fraction of sp³-hybridized carbons (Fsp3) is 0.0889. The van der Waals surface area contributed by atoms with Crippen molar-refractivity contribution in [1.82, 2.24) is 4.98 Å². The predicted molar refractivity (Wildman–Crippen MR) is 197 cm³/mol. The number of aromatic nitrogens is 1. The van der Waals surface area contributed by atoms with Crippen molar-refractivity contribution in [2.75, 3.05) is 0 Å². The zero-order valence-corrected chi connectivity index (χ0v) is 26.7. The van der Waals surface area contributed by atoms with E-state index in [1.165, 1.54) is 93.5 Å². The minimum Gasteiger partial charge on any atom is -0.264 e. The molecule has 0 fully saturated rings. The van der Waals surface area contributed by atoms with E-state index in [0.717, 1.165) is 5.56 Å². The summed E-state index contributed by atoms with van der Waals surface area (Å²) >= 11 is 0. The molecule has 0 aliphatic rings. The summed E-state index contributed by atoms with van der Waals surface area (Å²) in [6, 6.07) is 47.3. The molecule has 7 aromatic carbocycles. The maximum absolute atomic E-state index is 4.42. The molecule has 1 heteroatoms. The Balaban J connectivity index is 1.39. The second-order valence-electron chi connectivity index (χ2n) is 12.6. The van der Waals surface area contributed by atoms with Gasteiger partial charge in [-0.2, -0.15) is 0 Å². The van der Waals surface area contributed by atoms with Crippen LogP contribution in [0.2, 0.25) is 0 Å². The fourth-order valence-electron chi connectivity index (χ4n) is 7.62. The van der Waals surface area contributed by atoms with Gasteiger partial charge in [0, 0.05) is 18.0 Å². The van der Waals surface area contributed by atoms with Gasteiger partial charge in [0.05, 0.1) is 0 Å². The molecule has 0 bridgehead atoms. The highest BCUT2D eigenvalue weighted by molar-refractivity contribution is 6.24. The Labute approximate surface area is 270 Å². The second-order valence-corrected chi connectivity index (χ2v) is 12.6. The average molecular weight is 590 g/mol. The van der Waals surface area contributed by atoms with Crippen LogP contribution in [-0.4, -0.2) is 4.98 Å². The molecule has 0 aliphatic carbocycles. The van der Waals surface area contributed by atoms with Gasteiger partial charge in [-0.05, 0) is 122 Å². The van der Waals surface area contributed by atoms with Crippen molar-refractivity contribution in [3.63, 3.8) is 0 Å². The highest BCUT2D eigenvalue weighted by Crippen LogP contribution is 2.46. The van der Waals surface area contributed by atoms with Crippen LogP contribution in [0.4, 0.5) is 0 Å². The second kappa shape index (κ2) is 11.1. The Morgan fingerprint density at radius 1 is 0.348 bits per heavy atom. The molecular weight excluding hydrogens is 555 g/mol. The van der Waals surface area contributed by atoms with Crippen LogP contribution in [0.1, 0.15) is 22.3 Å². The maximum Gasteiger partial charge on any atom is 0.0346 e. The minimum atomic E-state index is 1.14. The number of aryl methyl sites for hydroxylation is 4. The average Bonchev–Trinajstić information content (AvgIpc) is 3.07. The highest BCUT2D eigenvalue weighted by Gasteiger charge is 2.19. The quantitative estimate of drug-likeness (QED) is 0.186. The molecule has 1 heterocycles. The van der Waals surface area contributed by atoms with E-state index in [-0.39, 0.29) is 0 Å². The molecule has 0 atom stereocenters. The Morgan fingerprint density at radius 3 is 1.37 bits per heavy atom.